The van der Waals surface area contributed by atoms with Gasteiger partial charge in [0.1, 0.15) is 11.6 Å². The predicted octanol–water partition coefficient (Wildman–Crippen LogP) is 3.71. The summed E-state index contributed by atoms with van der Waals surface area (Å²) >= 11 is 0. The molecule has 5 rings (SSSR count). The molecular weight excluding hydrogens is 507 g/mol. The van der Waals surface area contributed by atoms with E-state index in [1.807, 2.05) is 12.1 Å². The number of fused-ring (bicyclic) bond motifs is 1. The quantitative estimate of drug-likeness (QED) is 0.357. The van der Waals surface area contributed by atoms with Crippen LogP contribution in [0.2, 0.25) is 0 Å². The molecule has 0 radical (unpaired) electrons. The van der Waals surface area contributed by atoms with Gasteiger partial charge in [-0.15, -0.1) is 0 Å². The largest absolute Gasteiger partial charge is 0.496 e. The third-order valence-corrected chi connectivity index (χ3v) is 8.32. The predicted molar refractivity (Wildman–Crippen MR) is 141 cm³/mol. The zero-order valence-corrected chi connectivity index (χ0v) is 21.7. The summed E-state index contributed by atoms with van der Waals surface area (Å²) in [6, 6.07) is 15.0. The Labute approximate surface area is 220 Å². The minimum atomic E-state index is -3.70. The summed E-state index contributed by atoms with van der Waals surface area (Å²) in [6.07, 6.45) is 4.39. The normalized spacial score (nSPS) is 14.5. The maximum absolute atomic E-state index is 13.4. The van der Waals surface area contributed by atoms with Crippen LogP contribution in [0.5, 0.6) is 5.75 Å². The number of para-hydroxylation sites is 1. The number of rotatable bonds is 7. The molecule has 0 aliphatic carbocycles. The highest BCUT2D eigenvalue weighted by Gasteiger charge is 2.26. The Morgan fingerprint density at radius 1 is 1.00 bits per heavy atom. The summed E-state index contributed by atoms with van der Waals surface area (Å²) in [5.74, 6) is -0.469. The van der Waals surface area contributed by atoms with Gasteiger partial charge in [0.2, 0.25) is 0 Å². The molecule has 0 unspecified atom stereocenters. The fourth-order valence-corrected chi connectivity index (χ4v) is 6.23. The molecule has 0 spiro atoms. The number of pyridine rings is 2. The zero-order valence-electron chi connectivity index (χ0n) is 20.9. The van der Waals surface area contributed by atoms with Gasteiger partial charge in [-0.2, -0.15) is 0 Å². The van der Waals surface area contributed by atoms with E-state index in [9.17, 15) is 17.6 Å². The lowest BCUT2D eigenvalue weighted by Gasteiger charge is -2.35. The third-order valence-electron chi connectivity index (χ3n) is 6.61. The number of hydrogen-bond acceptors (Lipinski definition) is 7. The summed E-state index contributed by atoms with van der Waals surface area (Å²) < 4.78 is 45.5. The summed E-state index contributed by atoms with van der Waals surface area (Å²) in [5, 5.41) is 0.750. The molecule has 2 aromatic heterocycles. The Balaban J connectivity index is 1.28. The minimum Gasteiger partial charge on any atom is -0.496 e. The van der Waals surface area contributed by atoms with Crippen molar-refractivity contribution in [2.45, 2.75) is 17.2 Å². The molecule has 2 aromatic carbocycles. The molecule has 1 aliphatic heterocycles. The molecule has 196 valence electrons. The average Bonchev–Trinajstić information content (AvgIpc) is 2.92. The molecule has 1 fully saturated rings. The van der Waals surface area contributed by atoms with E-state index >= 15 is 0 Å². The number of ether oxygens (including phenoxy) is 1. The van der Waals surface area contributed by atoms with Crippen LogP contribution in [-0.4, -0.2) is 67.4 Å². The van der Waals surface area contributed by atoms with Crippen molar-refractivity contribution >= 4 is 26.6 Å². The Hall–Kier alpha value is -3.89. The van der Waals surface area contributed by atoms with Gasteiger partial charge in [0, 0.05) is 50.5 Å². The van der Waals surface area contributed by atoms with E-state index < -0.39 is 9.84 Å². The Morgan fingerprint density at radius 3 is 2.55 bits per heavy atom. The molecule has 3 heterocycles. The second-order valence-electron chi connectivity index (χ2n) is 9.20. The molecule has 0 N–H and O–H groups in total. The van der Waals surface area contributed by atoms with Crippen LogP contribution in [0.15, 0.2) is 78.1 Å². The lowest BCUT2D eigenvalue weighted by molar-refractivity contribution is 0.0625. The van der Waals surface area contributed by atoms with Crippen LogP contribution in [0.1, 0.15) is 21.5 Å². The Bertz CT molecular complexity index is 1580. The second kappa shape index (κ2) is 10.8. The van der Waals surface area contributed by atoms with Crippen molar-refractivity contribution in [2.24, 2.45) is 0 Å². The molecule has 10 heteroatoms. The van der Waals surface area contributed by atoms with E-state index in [1.54, 1.807) is 53.7 Å². The molecule has 38 heavy (non-hydrogen) atoms. The van der Waals surface area contributed by atoms with Gasteiger partial charge in [-0.3, -0.25) is 19.7 Å². The number of sulfone groups is 1. The van der Waals surface area contributed by atoms with Gasteiger partial charge >= 0.3 is 0 Å². The lowest BCUT2D eigenvalue weighted by Crippen LogP contribution is -2.48. The first-order valence-electron chi connectivity index (χ1n) is 12.2. The highest BCUT2D eigenvalue weighted by molar-refractivity contribution is 7.90. The molecule has 8 nitrogen and oxygen atoms in total. The Kier molecular flexibility index (Phi) is 7.35. The van der Waals surface area contributed by atoms with Crippen LogP contribution < -0.4 is 4.74 Å². The van der Waals surface area contributed by atoms with E-state index in [4.69, 9.17) is 4.74 Å². The van der Waals surface area contributed by atoms with Crippen LogP contribution in [0.25, 0.3) is 10.9 Å². The molecule has 0 saturated carbocycles. The molecule has 4 aromatic rings. The van der Waals surface area contributed by atoms with Gasteiger partial charge in [0.15, 0.2) is 9.84 Å². The number of aromatic nitrogens is 2. The van der Waals surface area contributed by atoms with Crippen molar-refractivity contribution in [1.82, 2.24) is 19.8 Å². The number of halogens is 1. The first-order valence-corrected chi connectivity index (χ1v) is 13.8. The van der Waals surface area contributed by atoms with Gasteiger partial charge in [0.05, 0.1) is 35.0 Å². The van der Waals surface area contributed by atoms with Crippen LogP contribution in [0.3, 0.4) is 0 Å². The van der Waals surface area contributed by atoms with E-state index in [0.29, 0.717) is 55.1 Å². The smallest absolute Gasteiger partial charge is 0.257 e. The summed E-state index contributed by atoms with van der Waals surface area (Å²) in [5.41, 5.74) is 2.11. The second-order valence-corrected chi connectivity index (χ2v) is 11.2. The maximum Gasteiger partial charge on any atom is 0.257 e. The van der Waals surface area contributed by atoms with E-state index in [0.717, 1.165) is 10.9 Å². The molecular formula is C28H27FN4O4S. The van der Waals surface area contributed by atoms with Crippen molar-refractivity contribution < 1.29 is 22.3 Å². The van der Waals surface area contributed by atoms with E-state index in [1.165, 1.54) is 19.4 Å². The topological polar surface area (TPSA) is 92.7 Å². The highest BCUT2D eigenvalue weighted by atomic mass is 32.2. The molecule has 1 aliphatic rings. The summed E-state index contributed by atoms with van der Waals surface area (Å²) in [6.45, 7) is 2.86. The fourth-order valence-electron chi connectivity index (χ4n) is 4.71. The Morgan fingerprint density at radius 2 is 1.79 bits per heavy atom. The van der Waals surface area contributed by atoms with Gasteiger partial charge < -0.3 is 9.64 Å². The number of piperazine rings is 1. The number of amides is 1. The van der Waals surface area contributed by atoms with Crippen molar-refractivity contribution in [2.75, 3.05) is 33.3 Å². The van der Waals surface area contributed by atoms with Crippen LogP contribution in [-0.2, 0) is 22.1 Å². The average molecular weight is 535 g/mol. The fraction of sp³-hybridized carbons (Fsp3) is 0.250. The summed E-state index contributed by atoms with van der Waals surface area (Å²) in [7, 11) is -2.24. The number of methoxy groups -OCH3 is 1. The van der Waals surface area contributed by atoms with Gasteiger partial charge in [-0.05, 0) is 41.5 Å². The monoisotopic (exact) mass is 534 g/mol. The number of nitrogens with zero attached hydrogens (tertiary/aromatic N) is 4. The SMILES string of the molecule is COc1cc(CS(=O)(=O)c2cccc3cccnc23)ccc1C(=O)N1CCN(Cc2cncc(F)c2)CC1. The number of carbonyl (C=O) groups is 1. The first kappa shape index (κ1) is 25.7. The molecule has 1 amide bonds. The van der Waals surface area contributed by atoms with Crippen molar-refractivity contribution in [3.63, 3.8) is 0 Å². The molecule has 1 saturated heterocycles. The van der Waals surface area contributed by atoms with E-state index in [2.05, 4.69) is 14.9 Å². The molecule has 0 atom stereocenters. The van der Waals surface area contributed by atoms with Crippen molar-refractivity contribution in [1.29, 1.82) is 0 Å². The number of carbonyl (C=O) groups excluding carboxylic acids is 1. The summed E-state index contributed by atoms with van der Waals surface area (Å²) in [4.78, 5) is 25.5. The van der Waals surface area contributed by atoms with Crippen LogP contribution in [0.4, 0.5) is 4.39 Å². The standard InChI is InChI=1S/C28H27FN4O4S/c1-37-25-15-20(19-38(35,36)26-6-2-4-22-5-3-9-31-27(22)26)7-8-24(25)28(34)33-12-10-32(11-13-33)18-21-14-23(29)17-30-16-21/h2-9,14-17H,10-13,18-19H2,1H3. The maximum atomic E-state index is 13.4. The highest BCUT2D eigenvalue weighted by Crippen LogP contribution is 2.28. The van der Waals surface area contributed by atoms with Crippen molar-refractivity contribution in [3.8, 4) is 5.75 Å². The molecule has 0 bridgehead atoms. The minimum absolute atomic E-state index is 0.168. The van der Waals surface area contributed by atoms with Crippen molar-refractivity contribution in [3.05, 3.63) is 95.7 Å². The third kappa shape index (κ3) is 5.51. The van der Waals surface area contributed by atoms with E-state index in [-0.39, 0.29) is 22.4 Å². The first-order chi connectivity index (χ1) is 18.3. The van der Waals surface area contributed by atoms with Crippen LogP contribution >= 0.6 is 0 Å². The zero-order chi connectivity index (χ0) is 26.7. The van der Waals surface area contributed by atoms with Gasteiger partial charge in [0.25, 0.3) is 5.91 Å². The number of hydrogen-bond donors (Lipinski definition) is 0. The lowest BCUT2D eigenvalue weighted by atomic mass is 10.1. The number of benzene rings is 2. The van der Waals surface area contributed by atoms with Gasteiger partial charge in [-0.25, -0.2) is 12.8 Å². The van der Waals surface area contributed by atoms with Gasteiger partial charge in [-0.1, -0.05) is 24.3 Å². The van der Waals surface area contributed by atoms with Crippen LogP contribution in [0, 0.1) is 5.82 Å².